The minimum atomic E-state index is -0.915. The van der Waals surface area contributed by atoms with Crippen LogP contribution in [0, 0.1) is 0 Å². The molecule has 1 fully saturated rings. The first-order valence-corrected chi connectivity index (χ1v) is 6.01. The van der Waals surface area contributed by atoms with E-state index in [9.17, 15) is 14.4 Å². The fraction of sp³-hybridized carbons (Fsp3) is 0.750. The number of carbonyl (C=O) groups is 3. The number of methoxy groups -OCH3 is 1. The zero-order valence-corrected chi connectivity index (χ0v) is 11.8. The van der Waals surface area contributed by atoms with Gasteiger partial charge in [0, 0.05) is 27.9 Å². The summed E-state index contributed by atoms with van der Waals surface area (Å²) in [6.45, 7) is 3.54. The van der Waals surface area contributed by atoms with Crippen LogP contribution in [0.3, 0.4) is 0 Å². The molecule has 0 saturated carbocycles. The highest BCUT2D eigenvalue weighted by Gasteiger charge is 2.49. The maximum absolute atomic E-state index is 11.1. The minimum absolute atomic E-state index is 0.134. The molecular formula is C12H18O8. The molecule has 20 heavy (non-hydrogen) atoms. The van der Waals surface area contributed by atoms with Crippen molar-refractivity contribution in [2.75, 3.05) is 13.7 Å². The molecule has 1 rings (SSSR count). The van der Waals surface area contributed by atoms with Gasteiger partial charge in [-0.25, -0.2) is 0 Å². The summed E-state index contributed by atoms with van der Waals surface area (Å²) in [7, 11) is 1.36. The van der Waals surface area contributed by atoms with Crippen molar-refractivity contribution in [2.45, 2.75) is 45.4 Å². The summed E-state index contributed by atoms with van der Waals surface area (Å²) in [5.41, 5.74) is 0. The molecule has 8 nitrogen and oxygen atoms in total. The molecule has 0 bridgehead atoms. The number of hydrogen-bond donors (Lipinski definition) is 0. The first-order chi connectivity index (χ1) is 9.35. The molecule has 0 spiro atoms. The van der Waals surface area contributed by atoms with Crippen LogP contribution in [0.4, 0.5) is 0 Å². The summed E-state index contributed by atoms with van der Waals surface area (Å²) in [6.07, 6.45) is -3.48. The van der Waals surface area contributed by atoms with Gasteiger partial charge in [-0.15, -0.1) is 0 Å². The van der Waals surface area contributed by atoms with Gasteiger partial charge in [0.2, 0.25) is 0 Å². The van der Waals surface area contributed by atoms with Gasteiger partial charge in [-0.3, -0.25) is 14.4 Å². The fourth-order valence-electron chi connectivity index (χ4n) is 1.87. The highest BCUT2D eigenvalue weighted by Crippen LogP contribution is 2.27. The van der Waals surface area contributed by atoms with Crippen molar-refractivity contribution < 1.29 is 38.1 Å². The van der Waals surface area contributed by atoms with Crippen molar-refractivity contribution in [3.63, 3.8) is 0 Å². The second-order valence-corrected chi connectivity index (χ2v) is 4.23. The molecule has 4 atom stereocenters. The van der Waals surface area contributed by atoms with Crippen molar-refractivity contribution >= 4 is 17.9 Å². The number of esters is 3. The maximum Gasteiger partial charge on any atom is 0.303 e. The van der Waals surface area contributed by atoms with Crippen molar-refractivity contribution in [3.05, 3.63) is 0 Å². The second kappa shape index (κ2) is 7.20. The van der Waals surface area contributed by atoms with E-state index < -0.39 is 42.5 Å². The van der Waals surface area contributed by atoms with Crippen LogP contribution in [0.15, 0.2) is 0 Å². The predicted octanol–water partition coefficient (Wildman–Crippen LogP) is -0.216. The smallest absolute Gasteiger partial charge is 0.303 e. The summed E-state index contributed by atoms with van der Waals surface area (Å²) >= 11 is 0. The first kappa shape index (κ1) is 16.4. The van der Waals surface area contributed by atoms with E-state index in [0.717, 1.165) is 0 Å². The molecule has 1 saturated heterocycles. The third kappa shape index (κ3) is 4.46. The van der Waals surface area contributed by atoms with Gasteiger partial charge in [0.05, 0.1) is 0 Å². The van der Waals surface area contributed by atoms with Crippen LogP contribution >= 0.6 is 0 Å². The third-order valence-electron chi connectivity index (χ3n) is 2.55. The van der Waals surface area contributed by atoms with Crippen LogP contribution in [0.1, 0.15) is 20.8 Å². The molecule has 0 radical (unpaired) electrons. The first-order valence-electron chi connectivity index (χ1n) is 6.01. The van der Waals surface area contributed by atoms with Crippen LogP contribution in [-0.4, -0.2) is 56.2 Å². The van der Waals surface area contributed by atoms with Crippen LogP contribution in [-0.2, 0) is 38.1 Å². The molecule has 0 aliphatic carbocycles. The summed E-state index contributed by atoms with van der Waals surface area (Å²) < 4.78 is 25.5. The van der Waals surface area contributed by atoms with E-state index in [1.807, 2.05) is 0 Å². The summed E-state index contributed by atoms with van der Waals surface area (Å²) in [5, 5.41) is 0. The Morgan fingerprint density at radius 1 is 0.950 bits per heavy atom. The van der Waals surface area contributed by atoms with Gasteiger partial charge >= 0.3 is 17.9 Å². The second-order valence-electron chi connectivity index (χ2n) is 4.23. The van der Waals surface area contributed by atoms with E-state index in [1.54, 1.807) is 0 Å². The average Bonchev–Trinajstić information content (AvgIpc) is 2.63. The summed E-state index contributed by atoms with van der Waals surface area (Å²) in [4.78, 5) is 33.1. The van der Waals surface area contributed by atoms with Crippen molar-refractivity contribution in [1.82, 2.24) is 0 Å². The van der Waals surface area contributed by atoms with Gasteiger partial charge < -0.3 is 23.7 Å². The SMILES string of the molecule is COC1O[C@H](COC(C)=O)[C@@H](OC(C)=O)[C@@H]1OC(C)=O. The summed E-state index contributed by atoms with van der Waals surface area (Å²) in [5.74, 6) is -1.63. The molecule has 0 amide bonds. The molecule has 0 N–H and O–H groups in total. The molecule has 1 aliphatic heterocycles. The zero-order valence-electron chi connectivity index (χ0n) is 11.8. The van der Waals surface area contributed by atoms with E-state index in [-0.39, 0.29) is 6.61 Å². The van der Waals surface area contributed by atoms with E-state index in [0.29, 0.717) is 0 Å². The van der Waals surface area contributed by atoms with E-state index in [1.165, 1.54) is 27.9 Å². The Labute approximate surface area is 116 Å². The van der Waals surface area contributed by atoms with Gasteiger partial charge in [-0.05, 0) is 0 Å². The maximum atomic E-state index is 11.1. The molecule has 0 aromatic carbocycles. The van der Waals surface area contributed by atoms with E-state index >= 15 is 0 Å². The lowest BCUT2D eigenvalue weighted by Gasteiger charge is -2.22. The zero-order chi connectivity index (χ0) is 15.3. The summed E-state index contributed by atoms with van der Waals surface area (Å²) in [6, 6.07) is 0. The van der Waals surface area contributed by atoms with E-state index in [2.05, 4.69) is 0 Å². The Morgan fingerprint density at radius 3 is 1.95 bits per heavy atom. The Bertz CT molecular complexity index is 380. The van der Waals surface area contributed by atoms with Gasteiger partial charge in [-0.2, -0.15) is 0 Å². The fourth-order valence-corrected chi connectivity index (χ4v) is 1.87. The number of carbonyl (C=O) groups excluding carboxylic acids is 3. The van der Waals surface area contributed by atoms with Crippen LogP contribution in [0.2, 0.25) is 0 Å². The number of rotatable bonds is 5. The van der Waals surface area contributed by atoms with Gasteiger partial charge in [0.15, 0.2) is 18.5 Å². The Balaban J connectivity index is 2.84. The average molecular weight is 290 g/mol. The lowest BCUT2D eigenvalue weighted by molar-refractivity contribution is -0.181. The molecule has 0 aromatic rings. The minimum Gasteiger partial charge on any atom is -0.463 e. The van der Waals surface area contributed by atoms with Crippen molar-refractivity contribution in [3.8, 4) is 0 Å². The number of hydrogen-bond acceptors (Lipinski definition) is 8. The van der Waals surface area contributed by atoms with Gasteiger partial charge in [-0.1, -0.05) is 0 Å². The van der Waals surface area contributed by atoms with Gasteiger partial charge in [0.1, 0.15) is 12.7 Å². The van der Waals surface area contributed by atoms with Crippen LogP contribution < -0.4 is 0 Å². The highest BCUT2D eigenvalue weighted by atomic mass is 16.7. The normalized spacial score (nSPS) is 28.8. The largest absolute Gasteiger partial charge is 0.463 e. The topological polar surface area (TPSA) is 97.4 Å². The molecule has 8 heteroatoms. The number of ether oxygens (including phenoxy) is 5. The molecular weight excluding hydrogens is 272 g/mol. The van der Waals surface area contributed by atoms with Crippen LogP contribution in [0.5, 0.6) is 0 Å². The highest BCUT2D eigenvalue weighted by molar-refractivity contribution is 5.67. The molecule has 114 valence electrons. The van der Waals surface area contributed by atoms with Gasteiger partial charge in [0.25, 0.3) is 0 Å². The Morgan fingerprint density at radius 2 is 1.50 bits per heavy atom. The Hall–Kier alpha value is -1.67. The lowest BCUT2D eigenvalue weighted by Crippen LogP contribution is -2.41. The van der Waals surface area contributed by atoms with Crippen molar-refractivity contribution in [2.24, 2.45) is 0 Å². The van der Waals surface area contributed by atoms with Crippen LogP contribution in [0.25, 0.3) is 0 Å². The molecule has 1 unspecified atom stereocenters. The molecule has 0 aromatic heterocycles. The van der Waals surface area contributed by atoms with Crippen molar-refractivity contribution in [1.29, 1.82) is 0 Å². The molecule has 1 aliphatic rings. The monoisotopic (exact) mass is 290 g/mol. The third-order valence-corrected chi connectivity index (χ3v) is 2.55. The quantitative estimate of drug-likeness (QED) is 0.506. The van der Waals surface area contributed by atoms with E-state index in [4.69, 9.17) is 23.7 Å². The lowest BCUT2D eigenvalue weighted by atomic mass is 10.1. The molecule has 1 heterocycles. The predicted molar refractivity (Wildman–Crippen MR) is 63.4 cm³/mol. The standard InChI is InChI=1S/C12H18O8/c1-6(13)17-5-9-10(18-7(2)14)11(19-8(3)15)12(16-4)20-9/h9-12H,5H2,1-4H3/t9-,10-,11+,12?/m1/s1. The Kier molecular flexibility index (Phi) is 5.90.